The minimum absolute atomic E-state index is 0.247. The Bertz CT molecular complexity index is 821. The van der Waals surface area contributed by atoms with E-state index in [1.54, 1.807) is 25.0 Å². The molecule has 0 bridgehead atoms. The molecule has 2 aliphatic rings. The van der Waals surface area contributed by atoms with Crippen molar-refractivity contribution < 1.29 is 28.7 Å². The highest BCUT2D eigenvalue weighted by molar-refractivity contribution is 6.22. The Labute approximate surface area is 169 Å². The van der Waals surface area contributed by atoms with E-state index in [0.717, 1.165) is 0 Å². The second kappa shape index (κ2) is 9.17. The molecule has 156 valence electrons. The van der Waals surface area contributed by atoms with E-state index in [1.807, 2.05) is 0 Å². The molecule has 1 fully saturated rings. The van der Waals surface area contributed by atoms with Crippen LogP contribution in [-0.4, -0.2) is 73.4 Å². The number of hydrogen-bond donors (Lipinski definition) is 0. The van der Waals surface area contributed by atoms with Gasteiger partial charge in [-0.15, -0.1) is 0 Å². The van der Waals surface area contributed by atoms with Gasteiger partial charge >= 0.3 is 5.97 Å². The number of fused-ring (bicyclic) bond motifs is 1. The minimum atomic E-state index is -0.390. The third-order valence-corrected chi connectivity index (χ3v) is 5.28. The van der Waals surface area contributed by atoms with Gasteiger partial charge in [-0.25, -0.2) is 0 Å². The summed E-state index contributed by atoms with van der Waals surface area (Å²) in [5.41, 5.74) is 0.900. The van der Waals surface area contributed by atoms with Crippen molar-refractivity contribution in [2.75, 3.05) is 40.0 Å². The molecule has 0 radical (unpaired) electrons. The maximum atomic E-state index is 13.0. The molecule has 29 heavy (non-hydrogen) atoms. The van der Waals surface area contributed by atoms with Gasteiger partial charge < -0.3 is 14.4 Å². The topological polar surface area (TPSA) is 93.2 Å². The average molecular weight is 402 g/mol. The summed E-state index contributed by atoms with van der Waals surface area (Å²) in [4.78, 5) is 52.9. The summed E-state index contributed by atoms with van der Waals surface area (Å²) in [7, 11) is 1.56. The molecule has 0 aliphatic carbocycles. The zero-order valence-electron chi connectivity index (χ0n) is 16.8. The maximum absolute atomic E-state index is 13.0. The predicted octanol–water partition coefficient (Wildman–Crippen LogP) is 1.73. The highest BCUT2D eigenvalue weighted by atomic mass is 16.5. The van der Waals surface area contributed by atoms with Gasteiger partial charge in [0.05, 0.1) is 23.7 Å². The molecule has 2 aliphatic heterocycles. The lowest BCUT2D eigenvalue weighted by atomic mass is 9.97. The van der Waals surface area contributed by atoms with Gasteiger partial charge in [0.25, 0.3) is 17.7 Å². The maximum Gasteiger partial charge on any atom is 0.310 e. The second-order valence-corrected chi connectivity index (χ2v) is 7.21. The summed E-state index contributed by atoms with van der Waals surface area (Å²) in [6, 6.07) is 4.59. The molecule has 3 amide bonds. The van der Waals surface area contributed by atoms with Crippen molar-refractivity contribution in [1.82, 2.24) is 9.80 Å². The molecule has 0 N–H and O–H groups in total. The van der Waals surface area contributed by atoms with Crippen LogP contribution < -0.4 is 0 Å². The van der Waals surface area contributed by atoms with Gasteiger partial charge in [-0.3, -0.25) is 24.1 Å². The van der Waals surface area contributed by atoms with Crippen molar-refractivity contribution in [3.63, 3.8) is 0 Å². The van der Waals surface area contributed by atoms with E-state index in [9.17, 15) is 19.2 Å². The van der Waals surface area contributed by atoms with E-state index >= 15 is 0 Å². The molecule has 1 aromatic rings. The average Bonchev–Trinajstić information content (AvgIpc) is 2.98. The number of benzene rings is 1. The van der Waals surface area contributed by atoms with Crippen LogP contribution in [0.2, 0.25) is 0 Å². The second-order valence-electron chi connectivity index (χ2n) is 7.21. The molecule has 0 spiro atoms. The number of rotatable bonds is 7. The van der Waals surface area contributed by atoms with E-state index in [0.29, 0.717) is 56.7 Å². The summed E-state index contributed by atoms with van der Waals surface area (Å²) in [6.45, 7) is 3.63. The van der Waals surface area contributed by atoms with Crippen LogP contribution >= 0.6 is 0 Å². The van der Waals surface area contributed by atoms with Crippen molar-refractivity contribution in [3.05, 3.63) is 34.9 Å². The zero-order chi connectivity index (χ0) is 21.0. The Morgan fingerprint density at radius 3 is 2.66 bits per heavy atom. The van der Waals surface area contributed by atoms with Gasteiger partial charge in [-0.05, 0) is 44.4 Å². The number of piperidine rings is 1. The Morgan fingerprint density at radius 1 is 1.17 bits per heavy atom. The van der Waals surface area contributed by atoms with E-state index in [1.165, 1.54) is 17.0 Å². The fourth-order valence-corrected chi connectivity index (χ4v) is 3.79. The lowest BCUT2D eigenvalue weighted by Gasteiger charge is -2.31. The van der Waals surface area contributed by atoms with E-state index < -0.39 is 5.91 Å². The number of amides is 3. The predicted molar refractivity (Wildman–Crippen MR) is 104 cm³/mol. The molecule has 8 heteroatoms. The van der Waals surface area contributed by atoms with Gasteiger partial charge in [-0.1, -0.05) is 0 Å². The molecule has 1 aromatic carbocycles. The molecule has 2 heterocycles. The Morgan fingerprint density at radius 2 is 1.93 bits per heavy atom. The first-order valence-electron chi connectivity index (χ1n) is 9.93. The molecule has 1 saturated heterocycles. The number of carbonyl (C=O) groups excluding carboxylic acids is 4. The first-order chi connectivity index (χ1) is 14.0. The molecule has 8 nitrogen and oxygen atoms in total. The Hall–Kier alpha value is -2.74. The highest BCUT2D eigenvalue weighted by Gasteiger charge is 2.36. The summed E-state index contributed by atoms with van der Waals surface area (Å²) >= 11 is 0. The van der Waals surface area contributed by atoms with Gasteiger partial charge in [0.15, 0.2) is 0 Å². The minimum Gasteiger partial charge on any atom is -0.466 e. The third-order valence-electron chi connectivity index (χ3n) is 5.28. The van der Waals surface area contributed by atoms with Crippen LogP contribution in [0.3, 0.4) is 0 Å². The number of likely N-dealkylation sites (tertiary alicyclic amines) is 1. The number of ether oxygens (including phenoxy) is 2. The van der Waals surface area contributed by atoms with Gasteiger partial charge in [0.1, 0.15) is 0 Å². The van der Waals surface area contributed by atoms with Crippen molar-refractivity contribution in [2.24, 2.45) is 5.92 Å². The molecule has 0 unspecified atom stereocenters. The molecular formula is C21H26N2O6. The summed E-state index contributed by atoms with van der Waals surface area (Å²) in [5.74, 6) is -1.60. The largest absolute Gasteiger partial charge is 0.466 e. The lowest BCUT2D eigenvalue weighted by Crippen LogP contribution is -2.42. The van der Waals surface area contributed by atoms with Crippen LogP contribution in [0.5, 0.6) is 0 Å². The molecule has 3 rings (SSSR count). The normalized spacial score (nSPS) is 18.8. The van der Waals surface area contributed by atoms with Crippen molar-refractivity contribution in [3.8, 4) is 0 Å². The van der Waals surface area contributed by atoms with E-state index in [4.69, 9.17) is 9.47 Å². The van der Waals surface area contributed by atoms with Crippen LogP contribution in [0.1, 0.15) is 57.3 Å². The molecule has 0 aromatic heterocycles. The monoisotopic (exact) mass is 402 g/mol. The third kappa shape index (κ3) is 4.32. The first kappa shape index (κ1) is 21.0. The molecule has 1 atom stereocenters. The summed E-state index contributed by atoms with van der Waals surface area (Å²) < 4.78 is 10.1. The smallest absolute Gasteiger partial charge is 0.310 e. The number of nitrogens with zero attached hydrogens (tertiary/aromatic N) is 2. The standard InChI is InChI=1S/C21H26N2O6/c1-3-29-21(27)15-6-4-9-22(13-15)18(24)14-7-8-16-17(12-14)20(26)23(19(16)25)10-5-11-28-2/h7-8,12,15H,3-6,9-11,13H2,1-2H3/t15-/m0/s1. The lowest BCUT2D eigenvalue weighted by molar-refractivity contribution is -0.149. The summed E-state index contributed by atoms with van der Waals surface area (Å²) in [5, 5.41) is 0. The Kier molecular flexibility index (Phi) is 6.64. The number of hydrogen-bond acceptors (Lipinski definition) is 6. The van der Waals surface area contributed by atoms with Crippen LogP contribution in [0.4, 0.5) is 0 Å². The van der Waals surface area contributed by atoms with Crippen LogP contribution in [-0.2, 0) is 14.3 Å². The zero-order valence-corrected chi connectivity index (χ0v) is 16.8. The first-order valence-corrected chi connectivity index (χ1v) is 9.93. The van der Waals surface area contributed by atoms with Crippen molar-refractivity contribution >= 4 is 23.7 Å². The quantitative estimate of drug-likeness (QED) is 0.392. The summed E-state index contributed by atoms with van der Waals surface area (Å²) in [6.07, 6.45) is 1.96. The molecule has 0 saturated carbocycles. The number of methoxy groups -OCH3 is 1. The molecular weight excluding hydrogens is 376 g/mol. The van der Waals surface area contributed by atoms with Gasteiger partial charge in [0.2, 0.25) is 0 Å². The SMILES string of the molecule is CCOC(=O)[C@H]1CCCN(C(=O)c2ccc3c(c2)C(=O)N(CCCOC)C3=O)C1. The van der Waals surface area contributed by atoms with Gasteiger partial charge in [0, 0.05) is 38.9 Å². The van der Waals surface area contributed by atoms with E-state index in [-0.39, 0.29) is 35.8 Å². The van der Waals surface area contributed by atoms with E-state index in [2.05, 4.69) is 0 Å². The fraction of sp³-hybridized carbons (Fsp3) is 0.524. The number of esters is 1. The number of imide groups is 1. The highest BCUT2D eigenvalue weighted by Crippen LogP contribution is 2.26. The number of carbonyl (C=O) groups is 4. The van der Waals surface area contributed by atoms with Crippen molar-refractivity contribution in [1.29, 1.82) is 0 Å². The van der Waals surface area contributed by atoms with Crippen molar-refractivity contribution in [2.45, 2.75) is 26.2 Å². The Balaban J connectivity index is 1.73. The van der Waals surface area contributed by atoms with Crippen LogP contribution in [0.25, 0.3) is 0 Å². The van der Waals surface area contributed by atoms with Gasteiger partial charge in [-0.2, -0.15) is 0 Å². The van der Waals surface area contributed by atoms with Crippen LogP contribution in [0.15, 0.2) is 18.2 Å². The van der Waals surface area contributed by atoms with Crippen LogP contribution in [0, 0.1) is 5.92 Å². The fourth-order valence-electron chi connectivity index (χ4n) is 3.79.